The summed E-state index contributed by atoms with van der Waals surface area (Å²) in [4.78, 5) is 10.2. The van der Waals surface area contributed by atoms with E-state index in [4.69, 9.17) is 11.6 Å². The number of nitrogens with one attached hydrogen (secondary N) is 1. The van der Waals surface area contributed by atoms with Gasteiger partial charge in [0, 0.05) is 37.3 Å². The zero-order valence-corrected chi connectivity index (χ0v) is 13.2. The van der Waals surface area contributed by atoms with Crippen molar-refractivity contribution < 1.29 is 13.3 Å². The van der Waals surface area contributed by atoms with Crippen LogP contribution in [0.3, 0.4) is 0 Å². The van der Waals surface area contributed by atoms with Gasteiger partial charge in [0.05, 0.1) is 14.8 Å². The zero-order valence-electron chi connectivity index (χ0n) is 11.7. The van der Waals surface area contributed by atoms with Crippen molar-refractivity contribution in [3.05, 3.63) is 32.8 Å². The number of sulfonamides is 1. The summed E-state index contributed by atoms with van der Waals surface area (Å²) in [5.41, 5.74) is -0.0291. The Morgan fingerprint density at radius 1 is 1.48 bits per heavy atom. The van der Waals surface area contributed by atoms with Gasteiger partial charge in [-0.15, -0.1) is 0 Å². The predicted molar refractivity (Wildman–Crippen MR) is 79.1 cm³/mol. The third-order valence-corrected chi connectivity index (χ3v) is 5.69. The van der Waals surface area contributed by atoms with E-state index >= 15 is 0 Å². The molecule has 0 aromatic heterocycles. The Kier molecular flexibility index (Phi) is 4.52. The number of nitrogens with zero attached hydrogens (tertiary/aromatic N) is 2. The first-order chi connectivity index (χ1) is 9.73. The average molecular weight is 334 g/mol. The zero-order chi connectivity index (χ0) is 15.8. The lowest BCUT2D eigenvalue weighted by molar-refractivity contribution is -0.385. The molecule has 1 heterocycles. The third kappa shape index (κ3) is 3.18. The molecule has 1 fully saturated rings. The van der Waals surface area contributed by atoms with Crippen molar-refractivity contribution in [2.45, 2.75) is 24.8 Å². The van der Waals surface area contributed by atoms with Crippen molar-refractivity contribution in [1.82, 2.24) is 9.62 Å². The first kappa shape index (κ1) is 16.2. The average Bonchev–Trinajstić information content (AvgIpc) is 2.41. The summed E-state index contributed by atoms with van der Waals surface area (Å²) >= 11 is 5.94. The molecule has 7 nitrogen and oxygen atoms in total. The molecule has 0 spiro atoms. The maximum Gasteiger partial charge on any atom is 0.275 e. The molecule has 1 saturated heterocycles. The second kappa shape index (κ2) is 5.88. The molecule has 2 rings (SSSR count). The summed E-state index contributed by atoms with van der Waals surface area (Å²) in [5, 5.41) is 14.2. The van der Waals surface area contributed by atoms with Crippen molar-refractivity contribution in [3.8, 4) is 0 Å². The number of piperazine rings is 1. The van der Waals surface area contributed by atoms with Crippen LogP contribution in [0.4, 0.5) is 5.69 Å². The van der Waals surface area contributed by atoms with Gasteiger partial charge < -0.3 is 5.32 Å². The molecule has 1 atom stereocenters. The monoisotopic (exact) mass is 333 g/mol. The van der Waals surface area contributed by atoms with Gasteiger partial charge in [-0.2, -0.15) is 4.31 Å². The van der Waals surface area contributed by atoms with Crippen molar-refractivity contribution in [3.63, 3.8) is 0 Å². The van der Waals surface area contributed by atoms with Crippen molar-refractivity contribution in [2.24, 2.45) is 0 Å². The summed E-state index contributed by atoms with van der Waals surface area (Å²) < 4.78 is 26.5. The molecular formula is C12H16ClN3O4S. The van der Waals surface area contributed by atoms with Crippen LogP contribution in [0.15, 0.2) is 17.0 Å². The van der Waals surface area contributed by atoms with E-state index in [-0.39, 0.29) is 27.2 Å². The number of rotatable bonds is 3. The quantitative estimate of drug-likeness (QED) is 0.669. The molecule has 0 unspecified atom stereocenters. The number of hydrogen-bond donors (Lipinski definition) is 1. The van der Waals surface area contributed by atoms with Crippen molar-refractivity contribution in [1.29, 1.82) is 0 Å². The fourth-order valence-electron chi connectivity index (χ4n) is 2.24. The van der Waals surface area contributed by atoms with E-state index in [9.17, 15) is 18.5 Å². The number of hydrogen-bond acceptors (Lipinski definition) is 5. The number of benzene rings is 1. The second-order valence-corrected chi connectivity index (χ2v) is 7.37. The molecule has 0 bridgehead atoms. The topological polar surface area (TPSA) is 92.6 Å². The molecule has 1 N–H and O–H groups in total. The molecule has 1 aliphatic rings. The smallest absolute Gasteiger partial charge is 0.275 e. The van der Waals surface area contributed by atoms with Gasteiger partial charge in [-0.25, -0.2) is 8.42 Å². The van der Waals surface area contributed by atoms with Crippen LogP contribution in [0.2, 0.25) is 5.02 Å². The highest BCUT2D eigenvalue weighted by Gasteiger charge is 2.30. The normalized spacial score (nSPS) is 20.4. The van der Waals surface area contributed by atoms with Crippen LogP contribution in [0, 0.1) is 17.0 Å². The van der Waals surface area contributed by atoms with Crippen molar-refractivity contribution in [2.75, 3.05) is 19.6 Å². The van der Waals surface area contributed by atoms with Gasteiger partial charge in [-0.05, 0) is 19.9 Å². The molecule has 0 aliphatic carbocycles. The fraction of sp³-hybridized carbons (Fsp3) is 0.500. The SMILES string of the molecule is Cc1c(Cl)cc(S(=O)(=O)N2CCN[C@H](C)C2)cc1[N+](=O)[O-]. The van der Waals surface area contributed by atoms with Crippen LogP contribution in [-0.4, -0.2) is 43.3 Å². The highest BCUT2D eigenvalue weighted by atomic mass is 35.5. The summed E-state index contributed by atoms with van der Waals surface area (Å²) in [6, 6.07) is 2.37. The molecule has 21 heavy (non-hydrogen) atoms. The molecule has 9 heteroatoms. The van der Waals surface area contributed by atoms with E-state index in [1.165, 1.54) is 17.3 Å². The summed E-state index contributed by atoms with van der Waals surface area (Å²) in [5.74, 6) is 0. The minimum atomic E-state index is -3.79. The number of halogens is 1. The highest BCUT2D eigenvalue weighted by molar-refractivity contribution is 7.89. The van der Waals surface area contributed by atoms with E-state index in [0.29, 0.717) is 19.6 Å². The summed E-state index contributed by atoms with van der Waals surface area (Å²) in [7, 11) is -3.79. The highest BCUT2D eigenvalue weighted by Crippen LogP contribution is 2.31. The van der Waals surface area contributed by atoms with Gasteiger partial charge in [0.25, 0.3) is 5.69 Å². The lowest BCUT2D eigenvalue weighted by Gasteiger charge is -2.31. The van der Waals surface area contributed by atoms with E-state index in [1.54, 1.807) is 0 Å². The number of nitro benzene ring substituents is 1. The van der Waals surface area contributed by atoms with E-state index in [1.807, 2.05) is 6.92 Å². The van der Waals surface area contributed by atoms with Crippen LogP contribution in [0.5, 0.6) is 0 Å². The van der Waals surface area contributed by atoms with Gasteiger partial charge in [-0.3, -0.25) is 10.1 Å². The van der Waals surface area contributed by atoms with Gasteiger partial charge in [-0.1, -0.05) is 11.6 Å². The Labute approximate surface area is 128 Å². The molecule has 0 radical (unpaired) electrons. The Morgan fingerprint density at radius 3 is 2.71 bits per heavy atom. The van der Waals surface area contributed by atoms with Crippen LogP contribution >= 0.6 is 11.6 Å². The molecule has 0 amide bonds. The van der Waals surface area contributed by atoms with Crippen LogP contribution in [-0.2, 0) is 10.0 Å². The van der Waals surface area contributed by atoms with Crippen LogP contribution in [0.25, 0.3) is 0 Å². The van der Waals surface area contributed by atoms with Gasteiger partial charge in [0.2, 0.25) is 10.0 Å². The van der Waals surface area contributed by atoms with E-state index in [2.05, 4.69) is 5.32 Å². The maximum absolute atomic E-state index is 12.6. The first-order valence-corrected chi connectivity index (χ1v) is 8.23. The predicted octanol–water partition coefficient (Wildman–Crippen LogP) is 1.54. The minimum absolute atomic E-state index is 0.0319. The Hall–Kier alpha value is -1.22. The lowest BCUT2D eigenvalue weighted by Crippen LogP contribution is -2.51. The standard InChI is InChI=1S/C12H16ClN3O4S/c1-8-7-15(4-3-14-8)21(19,20)10-5-11(13)9(2)12(6-10)16(17)18/h5-6,8,14H,3-4,7H2,1-2H3/t8-/m1/s1. The van der Waals surface area contributed by atoms with Crippen molar-refractivity contribution >= 4 is 27.3 Å². The molecular weight excluding hydrogens is 318 g/mol. The minimum Gasteiger partial charge on any atom is -0.312 e. The van der Waals surface area contributed by atoms with Crippen LogP contribution < -0.4 is 5.32 Å². The first-order valence-electron chi connectivity index (χ1n) is 6.41. The number of nitro groups is 1. The second-order valence-electron chi connectivity index (χ2n) is 5.02. The molecule has 1 aliphatic heterocycles. The van der Waals surface area contributed by atoms with E-state index in [0.717, 1.165) is 6.07 Å². The summed E-state index contributed by atoms with van der Waals surface area (Å²) in [6.07, 6.45) is 0. The molecule has 1 aromatic carbocycles. The van der Waals surface area contributed by atoms with E-state index < -0.39 is 14.9 Å². The Morgan fingerprint density at radius 2 is 2.14 bits per heavy atom. The largest absolute Gasteiger partial charge is 0.312 e. The maximum atomic E-state index is 12.6. The summed E-state index contributed by atoms with van der Waals surface area (Å²) in [6.45, 7) is 4.56. The fourth-order valence-corrected chi connectivity index (χ4v) is 4.10. The van der Waals surface area contributed by atoms with Crippen LogP contribution in [0.1, 0.15) is 12.5 Å². The molecule has 1 aromatic rings. The lowest BCUT2D eigenvalue weighted by atomic mass is 10.2. The van der Waals surface area contributed by atoms with Gasteiger partial charge >= 0.3 is 0 Å². The molecule has 0 saturated carbocycles. The van der Waals surface area contributed by atoms with Gasteiger partial charge in [0.15, 0.2) is 0 Å². The third-order valence-electron chi connectivity index (χ3n) is 3.46. The Bertz CT molecular complexity index is 677. The Balaban J connectivity index is 2.47. The molecule has 116 valence electrons. The van der Waals surface area contributed by atoms with Gasteiger partial charge in [0.1, 0.15) is 0 Å².